The molecule has 0 aliphatic carbocycles. The topological polar surface area (TPSA) is 80.0 Å². The third-order valence-corrected chi connectivity index (χ3v) is 3.93. The van der Waals surface area contributed by atoms with Crippen LogP contribution < -0.4 is 5.32 Å². The second-order valence-corrected chi connectivity index (χ2v) is 6.07. The van der Waals surface area contributed by atoms with E-state index in [1.54, 1.807) is 13.0 Å². The molecule has 1 aromatic carbocycles. The van der Waals surface area contributed by atoms with Crippen molar-refractivity contribution in [2.24, 2.45) is 7.05 Å². The molecule has 0 aliphatic rings. The summed E-state index contributed by atoms with van der Waals surface area (Å²) in [4.78, 5) is 16.0. The normalized spacial score (nSPS) is 11.5. The molecule has 0 bridgehead atoms. The molecule has 0 radical (unpaired) electrons. The number of pyridine rings is 1. The Kier molecular flexibility index (Phi) is 4.80. The number of nitrogens with zero attached hydrogens (tertiary/aromatic N) is 3. The summed E-state index contributed by atoms with van der Waals surface area (Å²) in [6, 6.07) is 5.97. The SMILES string of the molecule is Cc1ccc(C(=O)Nc2ncc(-c3cc(C(F)(F)F)nn3C)cc2O)c(F)c1. The number of benzene rings is 1. The van der Waals surface area contributed by atoms with Crippen LogP contribution >= 0.6 is 0 Å². The maximum atomic E-state index is 13.9. The number of aryl methyl sites for hydroxylation is 2. The minimum absolute atomic E-state index is 0.0672. The van der Waals surface area contributed by atoms with Gasteiger partial charge in [-0.25, -0.2) is 9.37 Å². The van der Waals surface area contributed by atoms with Gasteiger partial charge in [0.15, 0.2) is 17.3 Å². The minimum Gasteiger partial charge on any atom is -0.504 e. The maximum Gasteiger partial charge on any atom is 0.435 e. The lowest BCUT2D eigenvalue weighted by atomic mass is 10.1. The number of carbonyl (C=O) groups is 1. The van der Waals surface area contributed by atoms with Crippen LogP contribution in [0.3, 0.4) is 0 Å². The number of carbonyl (C=O) groups excluding carboxylic acids is 1. The number of nitrogens with one attached hydrogen (secondary N) is 1. The van der Waals surface area contributed by atoms with Gasteiger partial charge in [-0.2, -0.15) is 18.3 Å². The molecule has 2 aromatic heterocycles. The molecule has 28 heavy (non-hydrogen) atoms. The Bertz CT molecular complexity index is 1060. The van der Waals surface area contributed by atoms with Gasteiger partial charge in [-0.3, -0.25) is 9.48 Å². The van der Waals surface area contributed by atoms with Crippen molar-refractivity contribution in [2.75, 3.05) is 5.32 Å². The highest BCUT2D eigenvalue weighted by molar-refractivity contribution is 6.04. The lowest BCUT2D eigenvalue weighted by molar-refractivity contribution is -0.141. The zero-order valence-electron chi connectivity index (χ0n) is 14.7. The van der Waals surface area contributed by atoms with E-state index in [-0.39, 0.29) is 22.6 Å². The van der Waals surface area contributed by atoms with Gasteiger partial charge < -0.3 is 10.4 Å². The van der Waals surface area contributed by atoms with Crippen molar-refractivity contribution in [3.63, 3.8) is 0 Å². The van der Waals surface area contributed by atoms with Gasteiger partial charge in [-0.05, 0) is 36.8 Å². The summed E-state index contributed by atoms with van der Waals surface area (Å²) in [6.07, 6.45) is -3.45. The highest BCUT2D eigenvalue weighted by atomic mass is 19.4. The molecule has 3 aromatic rings. The first-order valence-corrected chi connectivity index (χ1v) is 7.94. The molecule has 146 valence electrons. The second kappa shape index (κ2) is 6.95. The van der Waals surface area contributed by atoms with Crippen LogP contribution in [0.1, 0.15) is 21.6 Å². The van der Waals surface area contributed by atoms with Gasteiger partial charge in [0.05, 0.1) is 11.3 Å². The highest BCUT2D eigenvalue weighted by Crippen LogP contribution is 2.33. The van der Waals surface area contributed by atoms with Crippen LogP contribution in [0.15, 0.2) is 36.5 Å². The first-order chi connectivity index (χ1) is 13.1. The van der Waals surface area contributed by atoms with Gasteiger partial charge in [0.2, 0.25) is 0 Å². The molecule has 10 heteroatoms. The van der Waals surface area contributed by atoms with Crippen molar-refractivity contribution < 1.29 is 27.5 Å². The van der Waals surface area contributed by atoms with E-state index < -0.39 is 29.3 Å². The number of rotatable bonds is 3. The summed E-state index contributed by atoms with van der Waals surface area (Å²) in [5.41, 5.74) is -0.470. The molecule has 0 spiro atoms. The predicted molar refractivity (Wildman–Crippen MR) is 92.2 cm³/mol. The van der Waals surface area contributed by atoms with E-state index in [1.165, 1.54) is 19.2 Å². The van der Waals surface area contributed by atoms with E-state index in [0.29, 0.717) is 5.56 Å². The molecule has 0 atom stereocenters. The number of hydrogen-bond acceptors (Lipinski definition) is 4. The molecule has 0 saturated heterocycles. The zero-order chi connectivity index (χ0) is 20.6. The molecule has 3 rings (SSSR count). The average molecular weight is 394 g/mol. The van der Waals surface area contributed by atoms with Crippen molar-refractivity contribution in [3.05, 3.63) is 59.2 Å². The second-order valence-electron chi connectivity index (χ2n) is 6.07. The van der Waals surface area contributed by atoms with Crippen molar-refractivity contribution in [3.8, 4) is 17.0 Å². The lowest BCUT2D eigenvalue weighted by Crippen LogP contribution is -2.15. The molecule has 2 N–H and O–H groups in total. The Morgan fingerprint density at radius 2 is 1.93 bits per heavy atom. The fourth-order valence-electron chi connectivity index (χ4n) is 2.54. The van der Waals surface area contributed by atoms with E-state index in [9.17, 15) is 27.5 Å². The number of amides is 1. The summed E-state index contributed by atoms with van der Waals surface area (Å²) < 4.78 is 53.2. The summed E-state index contributed by atoms with van der Waals surface area (Å²) in [7, 11) is 1.32. The zero-order valence-corrected chi connectivity index (χ0v) is 14.7. The smallest absolute Gasteiger partial charge is 0.435 e. The number of halogens is 4. The average Bonchev–Trinajstić information content (AvgIpc) is 2.98. The monoisotopic (exact) mass is 394 g/mol. The van der Waals surface area contributed by atoms with Crippen molar-refractivity contribution in [2.45, 2.75) is 13.1 Å². The quantitative estimate of drug-likeness (QED) is 0.661. The van der Waals surface area contributed by atoms with Crippen molar-refractivity contribution >= 4 is 11.7 Å². The van der Waals surface area contributed by atoms with E-state index in [4.69, 9.17) is 0 Å². The number of hydrogen-bond donors (Lipinski definition) is 2. The van der Waals surface area contributed by atoms with Gasteiger partial charge >= 0.3 is 6.18 Å². The standard InChI is InChI=1S/C18H14F4N4O2/c1-9-3-4-11(12(19)5-9)17(28)24-16-14(27)6-10(8-23-16)13-7-15(18(20,21)22)25-26(13)2/h3-8,27H,1-2H3,(H,23,24,28). The Morgan fingerprint density at radius 3 is 2.50 bits per heavy atom. The number of aromatic hydroxyl groups is 1. The van der Waals surface area contributed by atoms with E-state index in [2.05, 4.69) is 15.4 Å². The van der Waals surface area contributed by atoms with Gasteiger partial charge in [-0.1, -0.05) is 6.07 Å². The molecule has 6 nitrogen and oxygen atoms in total. The third kappa shape index (κ3) is 3.80. The lowest BCUT2D eigenvalue weighted by Gasteiger charge is -2.09. The molecule has 0 fully saturated rings. The van der Waals surface area contributed by atoms with Crippen LogP contribution in [0.2, 0.25) is 0 Å². The van der Waals surface area contributed by atoms with Crippen molar-refractivity contribution in [1.82, 2.24) is 14.8 Å². The van der Waals surface area contributed by atoms with Crippen LogP contribution in [0, 0.1) is 12.7 Å². The van der Waals surface area contributed by atoms with Crippen LogP contribution in [0.5, 0.6) is 5.75 Å². The largest absolute Gasteiger partial charge is 0.504 e. The first-order valence-electron chi connectivity index (χ1n) is 7.94. The number of anilines is 1. The van der Waals surface area contributed by atoms with E-state index in [1.807, 2.05) is 0 Å². The Hall–Kier alpha value is -3.43. The Morgan fingerprint density at radius 1 is 1.21 bits per heavy atom. The van der Waals surface area contributed by atoms with Crippen LogP contribution in [0.25, 0.3) is 11.3 Å². The molecule has 0 aliphatic heterocycles. The van der Waals surface area contributed by atoms with Crippen LogP contribution in [-0.2, 0) is 13.2 Å². The summed E-state index contributed by atoms with van der Waals surface area (Å²) in [5.74, 6) is -2.31. The third-order valence-electron chi connectivity index (χ3n) is 3.93. The fourth-order valence-corrected chi connectivity index (χ4v) is 2.54. The Labute approximate surface area is 156 Å². The fraction of sp³-hybridized carbons (Fsp3) is 0.167. The highest BCUT2D eigenvalue weighted by Gasteiger charge is 2.34. The van der Waals surface area contributed by atoms with Gasteiger partial charge in [0.1, 0.15) is 5.82 Å². The molecular weight excluding hydrogens is 380 g/mol. The molecule has 0 saturated carbocycles. The van der Waals surface area contributed by atoms with Gasteiger partial charge in [-0.15, -0.1) is 0 Å². The minimum atomic E-state index is -4.61. The van der Waals surface area contributed by atoms with Gasteiger partial charge in [0.25, 0.3) is 5.91 Å². The molecule has 2 heterocycles. The first kappa shape index (κ1) is 19.3. The van der Waals surface area contributed by atoms with Crippen molar-refractivity contribution in [1.29, 1.82) is 0 Å². The van der Waals surface area contributed by atoms with E-state index in [0.717, 1.165) is 23.0 Å². The summed E-state index contributed by atoms with van der Waals surface area (Å²) in [5, 5.41) is 15.7. The van der Waals surface area contributed by atoms with Crippen LogP contribution in [-0.4, -0.2) is 25.8 Å². The summed E-state index contributed by atoms with van der Waals surface area (Å²) in [6.45, 7) is 1.67. The predicted octanol–water partition coefficient (Wildman–Crippen LogP) is 3.91. The van der Waals surface area contributed by atoms with E-state index >= 15 is 0 Å². The van der Waals surface area contributed by atoms with Crippen LogP contribution in [0.4, 0.5) is 23.4 Å². The number of aromatic nitrogens is 3. The maximum absolute atomic E-state index is 13.9. The van der Waals surface area contributed by atoms with Gasteiger partial charge in [0, 0.05) is 18.8 Å². The molecule has 0 unspecified atom stereocenters. The summed E-state index contributed by atoms with van der Waals surface area (Å²) >= 11 is 0. The molecule has 1 amide bonds. The Balaban J connectivity index is 1.87. The number of alkyl halides is 3. The molecular formula is C18H14F4N4O2.